The van der Waals surface area contributed by atoms with Crippen LogP contribution in [0.3, 0.4) is 0 Å². The van der Waals surface area contributed by atoms with Gasteiger partial charge in [-0.25, -0.2) is 0 Å². The van der Waals surface area contributed by atoms with Crippen molar-refractivity contribution < 1.29 is 22.8 Å². The molecular weight excluding hydrogens is 407 g/mol. The summed E-state index contributed by atoms with van der Waals surface area (Å²) in [5.74, 6) is -0.0997. The highest BCUT2D eigenvalue weighted by Gasteiger charge is 2.42. The Morgan fingerprint density at radius 3 is 2.52 bits per heavy atom. The maximum absolute atomic E-state index is 13.0. The van der Waals surface area contributed by atoms with Gasteiger partial charge >= 0.3 is 6.18 Å². The second kappa shape index (κ2) is 8.34. The molecule has 1 N–H and O–H groups in total. The molecule has 2 aromatic carbocycles. The zero-order valence-corrected chi connectivity index (χ0v) is 17.2. The fraction of sp³-hybridized carbons (Fsp3) is 0.391. The number of carbonyl (C=O) groups is 1. The molecule has 1 amide bonds. The van der Waals surface area contributed by atoms with Crippen molar-refractivity contribution in [2.24, 2.45) is 5.16 Å². The third-order valence-corrected chi connectivity index (χ3v) is 5.81. The van der Waals surface area contributed by atoms with Crippen LogP contribution in [0, 0.1) is 0 Å². The van der Waals surface area contributed by atoms with E-state index in [0.29, 0.717) is 17.7 Å². The predicted molar refractivity (Wildman–Crippen MR) is 112 cm³/mol. The van der Waals surface area contributed by atoms with Crippen LogP contribution in [0.5, 0.6) is 0 Å². The Kier molecular flexibility index (Phi) is 5.75. The van der Waals surface area contributed by atoms with Crippen molar-refractivity contribution in [3.05, 3.63) is 65.2 Å². The summed E-state index contributed by atoms with van der Waals surface area (Å²) < 4.78 is 39.0. The molecule has 0 atom stereocenters. The van der Waals surface area contributed by atoms with Crippen molar-refractivity contribution in [2.45, 2.75) is 44.5 Å². The Balaban J connectivity index is 1.33. The average Bonchev–Trinajstić information content (AvgIpc) is 3.14. The van der Waals surface area contributed by atoms with Crippen LogP contribution in [0.15, 0.2) is 53.7 Å². The highest BCUT2D eigenvalue weighted by molar-refractivity contribution is 6.01. The van der Waals surface area contributed by atoms with Crippen LogP contribution < -0.4 is 5.32 Å². The predicted octanol–water partition coefficient (Wildman–Crippen LogP) is 4.82. The summed E-state index contributed by atoms with van der Waals surface area (Å²) in [7, 11) is 0. The number of nitrogens with one attached hydrogen (secondary N) is 1. The molecule has 2 aliphatic heterocycles. The molecule has 0 aromatic heterocycles. The summed E-state index contributed by atoms with van der Waals surface area (Å²) >= 11 is 0. The molecule has 164 valence electrons. The van der Waals surface area contributed by atoms with Crippen LogP contribution in [0.1, 0.15) is 42.9 Å². The van der Waals surface area contributed by atoms with Gasteiger partial charge in [-0.1, -0.05) is 29.4 Å². The quantitative estimate of drug-likeness (QED) is 0.755. The van der Waals surface area contributed by atoms with E-state index in [9.17, 15) is 18.0 Å². The molecule has 31 heavy (non-hydrogen) atoms. The molecule has 0 aliphatic carbocycles. The Labute approximate surface area is 178 Å². The summed E-state index contributed by atoms with van der Waals surface area (Å²) in [6, 6.07) is 13.0. The number of rotatable bonds is 4. The Hall–Kier alpha value is -2.87. The summed E-state index contributed by atoms with van der Waals surface area (Å²) in [5.41, 5.74) is 1.86. The molecular formula is C23H24F3N3O2. The van der Waals surface area contributed by atoms with E-state index in [2.05, 4.69) is 15.4 Å². The number of hydrogen-bond acceptors (Lipinski definition) is 4. The van der Waals surface area contributed by atoms with Crippen LogP contribution in [-0.2, 0) is 22.4 Å². The minimum atomic E-state index is -4.38. The summed E-state index contributed by atoms with van der Waals surface area (Å²) in [4.78, 5) is 19.2. The third-order valence-electron chi connectivity index (χ3n) is 5.81. The monoisotopic (exact) mass is 431 g/mol. The lowest BCUT2D eigenvalue weighted by atomic mass is 9.85. The first-order chi connectivity index (χ1) is 14.7. The molecule has 5 nitrogen and oxygen atoms in total. The molecule has 0 unspecified atom stereocenters. The van der Waals surface area contributed by atoms with E-state index >= 15 is 0 Å². The standard InChI is InChI=1S/C23H24F3N3O2/c1-16(30)27-20-7-5-17(6-8-20)15-29-11-9-22(10-12-29)14-21(28-31-22)18-3-2-4-19(13-18)23(24,25)26/h2-8,13H,9-12,14-15H2,1H3,(H,27,30). The number of amides is 1. The summed E-state index contributed by atoms with van der Waals surface area (Å²) in [6.07, 6.45) is -2.32. The lowest BCUT2D eigenvalue weighted by Crippen LogP contribution is -2.44. The van der Waals surface area contributed by atoms with E-state index in [1.807, 2.05) is 24.3 Å². The van der Waals surface area contributed by atoms with Crippen molar-refractivity contribution in [3.63, 3.8) is 0 Å². The zero-order valence-electron chi connectivity index (χ0n) is 17.2. The number of alkyl halides is 3. The topological polar surface area (TPSA) is 53.9 Å². The van der Waals surface area contributed by atoms with E-state index in [4.69, 9.17) is 4.84 Å². The second-order valence-electron chi connectivity index (χ2n) is 8.22. The average molecular weight is 431 g/mol. The lowest BCUT2D eigenvalue weighted by molar-refractivity contribution is -0.137. The van der Waals surface area contributed by atoms with Gasteiger partial charge in [-0.05, 0) is 29.8 Å². The number of halogens is 3. The summed E-state index contributed by atoms with van der Waals surface area (Å²) in [5, 5.41) is 6.90. The van der Waals surface area contributed by atoms with Gasteiger partial charge in [0.2, 0.25) is 5.91 Å². The smallest absolute Gasteiger partial charge is 0.388 e. The molecule has 1 fully saturated rings. The number of nitrogens with zero attached hydrogens (tertiary/aromatic N) is 2. The van der Waals surface area contributed by atoms with Gasteiger partial charge in [0, 0.05) is 57.1 Å². The number of benzene rings is 2. The van der Waals surface area contributed by atoms with E-state index in [0.717, 1.165) is 55.9 Å². The van der Waals surface area contributed by atoms with Gasteiger partial charge in [0.15, 0.2) is 0 Å². The largest absolute Gasteiger partial charge is 0.416 e. The van der Waals surface area contributed by atoms with Gasteiger partial charge in [0.1, 0.15) is 5.60 Å². The molecule has 1 spiro atoms. The Morgan fingerprint density at radius 2 is 1.87 bits per heavy atom. The van der Waals surface area contributed by atoms with Crippen molar-refractivity contribution in [3.8, 4) is 0 Å². The molecule has 8 heteroatoms. The second-order valence-corrected chi connectivity index (χ2v) is 8.22. The minimum Gasteiger partial charge on any atom is -0.388 e. The normalized spacial score (nSPS) is 18.5. The first kappa shape index (κ1) is 21.4. The first-order valence-electron chi connectivity index (χ1n) is 10.2. The maximum atomic E-state index is 13.0. The zero-order chi connectivity index (χ0) is 22.1. The third kappa shape index (κ3) is 5.07. The fourth-order valence-corrected chi connectivity index (χ4v) is 4.09. The number of hydrogen-bond donors (Lipinski definition) is 1. The highest BCUT2D eigenvalue weighted by atomic mass is 19.4. The van der Waals surface area contributed by atoms with Gasteiger partial charge in [0.05, 0.1) is 11.3 Å². The Bertz CT molecular complexity index is 978. The van der Waals surface area contributed by atoms with E-state index in [1.54, 1.807) is 6.07 Å². The van der Waals surface area contributed by atoms with Gasteiger partial charge in [-0.2, -0.15) is 13.2 Å². The molecule has 2 aliphatic rings. The van der Waals surface area contributed by atoms with Crippen LogP contribution in [0.4, 0.5) is 18.9 Å². The summed E-state index contributed by atoms with van der Waals surface area (Å²) in [6.45, 7) is 3.90. The number of oxime groups is 1. The van der Waals surface area contributed by atoms with Crippen molar-refractivity contribution >= 4 is 17.3 Å². The molecule has 0 saturated carbocycles. The van der Waals surface area contributed by atoms with Crippen molar-refractivity contribution in [2.75, 3.05) is 18.4 Å². The van der Waals surface area contributed by atoms with Crippen LogP contribution in [0.25, 0.3) is 0 Å². The number of likely N-dealkylation sites (tertiary alicyclic amines) is 1. The van der Waals surface area contributed by atoms with Gasteiger partial charge in [-0.3, -0.25) is 9.69 Å². The minimum absolute atomic E-state index is 0.0997. The molecule has 1 saturated heterocycles. The lowest BCUT2D eigenvalue weighted by Gasteiger charge is -2.37. The van der Waals surface area contributed by atoms with Crippen molar-refractivity contribution in [1.29, 1.82) is 0 Å². The Morgan fingerprint density at radius 1 is 1.16 bits per heavy atom. The van der Waals surface area contributed by atoms with Crippen LogP contribution in [-0.4, -0.2) is 35.2 Å². The number of carbonyl (C=O) groups excluding carboxylic acids is 1. The SMILES string of the molecule is CC(=O)Nc1ccc(CN2CCC3(CC2)CC(c2cccc(C(F)(F)F)c2)=NO3)cc1. The van der Waals surface area contributed by atoms with Gasteiger partial charge in [0.25, 0.3) is 0 Å². The molecule has 0 radical (unpaired) electrons. The highest BCUT2D eigenvalue weighted by Crippen LogP contribution is 2.37. The maximum Gasteiger partial charge on any atom is 0.416 e. The first-order valence-corrected chi connectivity index (χ1v) is 10.2. The molecule has 2 heterocycles. The number of piperidine rings is 1. The number of anilines is 1. The van der Waals surface area contributed by atoms with Crippen LogP contribution >= 0.6 is 0 Å². The van der Waals surface area contributed by atoms with E-state index < -0.39 is 17.3 Å². The van der Waals surface area contributed by atoms with E-state index in [1.165, 1.54) is 13.0 Å². The van der Waals surface area contributed by atoms with Gasteiger partial charge in [-0.15, -0.1) is 0 Å². The van der Waals surface area contributed by atoms with E-state index in [-0.39, 0.29) is 5.91 Å². The molecule has 4 rings (SSSR count). The van der Waals surface area contributed by atoms with Gasteiger partial charge < -0.3 is 10.2 Å². The fourth-order valence-electron chi connectivity index (χ4n) is 4.09. The van der Waals surface area contributed by atoms with Crippen LogP contribution in [0.2, 0.25) is 0 Å². The molecule has 2 aromatic rings. The molecule has 0 bridgehead atoms. The van der Waals surface area contributed by atoms with Crippen molar-refractivity contribution in [1.82, 2.24) is 4.90 Å².